The van der Waals surface area contributed by atoms with Crippen molar-refractivity contribution in [1.82, 2.24) is 4.72 Å². The largest absolute Gasteiger partial charge is 0.241 e. The van der Waals surface area contributed by atoms with E-state index in [0.717, 1.165) is 0 Å². The standard InChI is InChI=1S/C8H9BrClNO2S/c1-2-11-14(12,13)7-5-3-4-6(10)8(7)9/h3-5,11H,2H2,1H3. The Bertz CT molecular complexity index is 433. The molecule has 14 heavy (non-hydrogen) atoms. The van der Waals surface area contributed by atoms with E-state index in [0.29, 0.717) is 16.0 Å². The van der Waals surface area contributed by atoms with Crippen molar-refractivity contribution in [2.75, 3.05) is 6.54 Å². The summed E-state index contributed by atoms with van der Waals surface area (Å²) in [6.45, 7) is 2.07. The monoisotopic (exact) mass is 297 g/mol. The minimum Gasteiger partial charge on any atom is -0.211 e. The third kappa shape index (κ3) is 2.48. The molecule has 0 spiro atoms. The Morgan fingerprint density at radius 3 is 2.71 bits per heavy atom. The summed E-state index contributed by atoms with van der Waals surface area (Å²) in [5.41, 5.74) is 0. The smallest absolute Gasteiger partial charge is 0.211 e. The summed E-state index contributed by atoms with van der Waals surface area (Å²) >= 11 is 8.92. The lowest BCUT2D eigenvalue weighted by Gasteiger charge is -2.07. The van der Waals surface area contributed by atoms with Crippen LogP contribution < -0.4 is 4.72 Å². The zero-order chi connectivity index (χ0) is 10.8. The topological polar surface area (TPSA) is 46.2 Å². The van der Waals surface area contributed by atoms with Gasteiger partial charge in [0.25, 0.3) is 0 Å². The van der Waals surface area contributed by atoms with Crippen LogP contribution >= 0.6 is 27.5 Å². The summed E-state index contributed by atoms with van der Waals surface area (Å²) in [5.74, 6) is 0. The normalized spacial score (nSPS) is 11.6. The molecule has 1 aromatic rings. The number of sulfonamides is 1. The molecule has 0 unspecified atom stereocenters. The van der Waals surface area contributed by atoms with Crippen molar-refractivity contribution in [3.63, 3.8) is 0 Å². The SMILES string of the molecule is CCNS(=O)(=O)c1cccc(Cl)c1Br. The van der Waals surface area contributed by atoms with Gasteiger partial charge in [0.15, 0.2) is 0 Å². The summed E-state index contributed by atoms with van der Waals surface area (Å²) in [6, 6.07) is 4.71. The molecule has 0 bridgehead atoms. The molecule has 0 aliphatic carbocycles. The van der Waals surface area contributed by atoms with Gasteiger partial charge in [-0.05, 0) is 28.1 Å². The summed E-state index contributed by atoms with van der Waals surface area (Å²) in [5, 5.41) is 0.379. The molecular formula is C8H9BrClNO2S. The maximum atomic E-state index is 11.6. The average Bonchev–Trinajstić information content (AvgIpc) is 2.09. The lowest BCUT2D eigenvalue weighted by molar-refractivity contribution is 0.583. The highest BCUT2D eigenvalue weighted by Gasteiger charge is 2.17. The highest BCUT2D eigenvalue weighted by atomic mass is 79.9. The van der Waals surface area contributed by atoms with Crippen LogP contribution in [0.1, 0.15) is 6.92 Å². The zero-order valence-corrected chi connectivity index (χ0v) is 10.6. The number of halogens is 2. The molecule has 0 heterocycles. The van der Waals surface area contributed by atoms with Gasteiger partial charge in [-0.2, -0.15) is 0 Å². The van der Waals surface area contributed by atoms with Gasteiger partial charge in [-0.15, -0.1) is 0 Å². The first-order chi connectivity index (χ1) is 6.49. The molecule has 0 fully saturated rings. The average molecular weight is 299 g/mol. The van der Waals surface area contributed by atoms with Crippen LogP contribution in [0.3, 0.4) is 0 Å². The molecule has 0 amide bonds. The zero-order valence-electron chi connectivity index (χ0n) is 7.42. The van der Waals surface area contributed by atoms with Gasteiger partial charge in [0.1, 0.15) is 0 Å². The molecule has 0 atom stereocenters. The molecule has 1 aromatic carbocycles. The van der Waals surface area contributed by atoms with E-state index >= 15 is 0 Å². The van der Waals surface area contributed by atoms with Crippen LogP contribution in [-0.2, 0) is 10.0 Å². The van der Waals surface area contributed by atoms with E-state index in [4.69, 9.17) is 11.6 Å². The van der Waals surface area contributed by atoms with E-state index in [-0.39, 0.29) is 4.90 Å². The van der Waals surface area contributed by atoms with Crippen molar-refractivity contribution in [3.05, 3.63) is 27.7 Å². The molecule has 1 N–H and O–H groups in total. The molecule has 0 aromatic heterocycles. The summed E-state index contributed by atoms with van der Waals surface area (Å²) in [7, 11) is -3.44. The molecule has 0 radical (unpaired) electrons. The van der Waals surface area contributed by atoms with Crippen LogP contribution in [-0.4, -0.2) is 15.0 Å². The molecule has 0 aliphatic rings. The Balaban J connectivity index is 3.27. The van der Waals surface area contributed by atoms with Crippen LogP contribution in [0.2, 0.25) is 5.02 Å². The Morgan fingerprint density at radius 1 is 1.50 bits per heavy atom. The lowest BCUT2D eigenvalue weighted by atomic mass is 10.4. The third-order valence-corrected chi connectivity index (χ3v) is 4.79. The Kier molecular flexibility index (Phi) is 3.94. The fraction of sp³-hybridized carbons (Fsp3) is 0.250. The predicted octanol–water partition coefficient (Wildman–Crippen LogP) is 2.40. The lowest BCUT2D eigenvalue weighted by Crippen LogP contribution is -2.23. The Morgan fingerprint density at radius 2 is 2.14 bits per heavy atom. The van der Waals surface area contributed by atoms with Gasteiger partial charge < -0.3 is 0 Å². The van der Waals surface area contributed by atoms with E-state index in [1.807, 2.05) is 0 Å². The van der Waals surface area contributed by atoms with Gasteiger partial charge in [-0.3, -0.25) is 0 Å². The number of rotatable bonds is 3. The molecular weight excluding hydrogens is 290 g/mol. The first-order valence-corrected chi connectivity index (χ1v) is 6.58. The van der Waals surface area contributed by atoms with Gasteiger partial charge in [-0.25, -0.2) is 13.1 Å². The fourth-order valence-corrected chi connectivity index (χ4v) is 3.23. The summed E-state index contributed by atoms with van der Waals surface area (Å²) in [6.07, 6.45) is 0. The molecule has 0 saturated heterocycles. The molecule has 1 rings (SSSR count). The second-order valence-electron chi connectivity index (χ2n) is 2.55. The highest BCUT2D eigenvalue weighted by molar-refractivity contribution is 9.10. The van der Waals surface area contributed by atoms with E-state index in [2.05, 4.69) is 20.7 Å². The van der Waals surface area contributed by atoms with Crippen molar-refractivity contribution in [1.29, 1.82) is 0 Å². The minimum atomic E-state index is -3.44. The van der Waals surface area contributed by atoms with Crippen LogP contribution in [0.4, 0.5) is 0 Å². The van der Waals surface area contributed by atoms with E-state index in [1.54, 1.807) is 19.1 Å². The van der Waals surface area contributed by atoms with Crippen LogP contribution in [0.15, 0.2) is 27.6 Å². The number of nitrogens with one attached hydrogen (secondary N) is 1. The van der Waals surface area contributed by atoms with Gasteiger partial charge in [0.05, 0.1) is 14.4 Å². The Hall–Kier alpha value is -0.100. The van der Waals surface area contributed by atoms with Gasteiger partial charge in [-0.1, -0.05) is 24.6 Å². The van der Waals surface area contributed by atoms with Crippen LogP contribution in [0.5, 0.6) is 0 Å². The predicted molar refractivity (Wildman–Crippen MR) is 60.0 cm³/mol. The van der Waals surface area contributed by atoms with Crippen molar-refractivity contribution >= 4 is 37.6 Å². The minimum absolute atomic E-state index is 0.159. The van der Waals surface area contributed by atoms with Crippen molar-refractivity contribution in [2.45, 2.75) is 11.8 Å². The number of benzene rings is 1. The van der Waals surface area contributed by atoms with Crippen molar-refractivity contribution in [3.8, 4) is 0 Å². The van der Waals surface area contributed by atoms with Crippen LogP contribution in [0.25, 0.3) is 0 Å². The number of hydrogen-bond donors (Lipinski definition) is 1. The highest BCUT2D eigenvalue weighted by Crippen LogP contribution is 2.28. The van der Waals surface area contributed by atoms with E-state index in [1.165, 1.54) is 6.07 Å². The second-order valence-corrected chi connectivity index (χ2v) is 5.49. The molecule has 78 valence electrons. The summed E-state index contributed by atoms with van der Waals surface area (Å²) in [4.78, 5) is 0.159. The molecule has 0 aliphatic heterocycles. The van der Waals surface area contributed by atoms with Gasteiger partial charge >= 0.3 is 0 Å². The first-order valence-electron chi connectivity index (χ1n) is 3.92. The van der Waals surface area contributed by atoms with Gasteiger partial charge in [0, 0.05) is 6.54 Å². The van der Waals surface area contributed by atoms with Crippen molar-refractivity contribution in [2.24, 2.45) is 0 Å². The maximum Gasteiger partial charge on any atom is 0.241 e. The third-order valence-electron chi connectivity index (χ3n) is 1.54. The maximum absolute atomic E-state index is 11.6. The van der Waals surface area contributed by atoms with Gasteiger partial charge in [0.2, 0.25) is 10.0 Å². The second kappa shape index (κ2) is 4.61. The molecule has 6 heteroatoms. The molecule has 0 saturated carbocycles. The summed E-state index contributed by atoms with van der Waals surface area (Å²) < 4.78 is 26.0. The van der Waals surface area contributed by atoms with Crippen LogP contribution in [0, 0.1) is 0 Å². The Labute approximate surface area is 96.6 Å². The van der Waals surface area contributed by atoms with Crippen molar-refractivity contribution < 1.29 is 8.42 Å². The quantitative estimate of drug-likeness (QED) is 0.931. The first kappa shape index (κ1) is 12.0. The van der Waals surface area contributed by atoms with E-state index < -0.39 is 10.0 Å². The molecule has 3 nitrogen and oxygen atoms in total. The van der Waals surface area contributed by atoms with E-state index in [9.17, 15) is 8.42 Å². The number of hydrogen-bond acceptors (Lipinski definition) is 2. The fourth-order valence-electron chi connectivity index (χ4n) is 0.959.